The van der Waals surface area contributed by atoms with Crippen LogP contribution in [0.15, 0.2) is 0 Å². The monoisotopic (exact) mass is 164 g/mol. The average Bonchev–Trinajstić information content (AvgIpc) is 1.81. The summed E-state index contributed by atoms with van der Waals surface area (Å²) < 4.78 is 0. The second-order valence-corrected chi connectivity index (χ2v) is 2.27. The molecule has 0 N–H and O–H groups in total. The number of unbranched alkanes of at least 4 members (excludes halogenated alkanes) is 5. The number of hydrogen-bond acceptors (Lipinski definition) is 0. The molecule has 0 amide bonds. The fraction of sp³-hybridized carbons (Fsp3) is 0.875. The third-order valence-electron chi connectivity index (χ3n) is 1.35. The molecule has 1 heteroatoms. The van der Waals surface area contributed by atoms with Gasteiger partial charge in [-0.3, -0.25) is 0 Å². The molecule has 0 heterocycles. The zero-order valence-corrected chi connectivity index (χ0v) is 7.79. The van der Waals surface area contributed by atoms with Gasteiger partial charge >= 0.3 is 18.6 Å². The van der Waals surface area contributed by atoms with Gasteiger partial charge in [-0.1, -0.05) is 39.0 Å². The number of rotatable bonds is 5. The van der Waals surface area contributed by atoms with Gasteiger partial charge in [0, 0.05) is 0 Å². The Morgan fingerprint density at radius 1 is 1.00 bits per heavy atom. The van der Waals surface area contributed by atoms with Crippen LogP contribution in [-0.2, 0) is 18.6 Å². The van der Waals surface area contributed by atoms with Crippen molar-refractivity contribution in [3.8, 4) is 0 Å². The van der Waals surface area contributed by atoms with E-state index in [-0.39, 0.29) is 18.6 Å². The summed E-state index contributed by atoms with van der Waals surface area (Å²) in [6, 6.07) is 0. The van der Waals surface area contributed by atoms with Crippen molar-refractivity contribution < 1.29 is 18.6 Å². The second-order valence-electron chi connectivity index (χ2n) is 2.27. The molecule has 0 aliphatic rings. The van der Waals surface area contributed by atoms with Gasteiger partial charge < -0.3 is 6.92 Å². The van der Waals surface area contributed by atoms with Gasteiger partial charge in [0.15, 0.2) is 0 Å². The maximum atomic E-state index is 3.78. The van der Waals surface area contributed by atoms with Gasteiger partial charge in [0.05, 0.1) is 0 Å². The molecular formula is C8H17V+. The van der Waals surface area contributed by atoms with Crippen LogP contribution in [0.4, 0.5) is 0 Å². The second kappa shape index (κ2) is 11.4. The van der Waals surface area contributed by atoms with E-state index < -0.39 is 0 Å². The topological polar surface area (TPSA) is 0 Å². The quantitative estimate of drug-likeness (QED) is 0.432. The van der Waals surface area contributed by atoms with Crippen LogP contribution in [0.2, 0.25) is 0 Å². The molecule has 0 rings (SSSR count). The Hall–Kier alpha value is 0.584. The zero-order chi connectivity index (χ0) is 6.24. The third-order valence-corrected chi connectivity index (χ3v) is 1.35. The van der Waals surface area contributed by atoms with E-state index in [9.17, 15) is 0 Å². The van der Waals surface area contributed by atoms with E-state index in [1.165, 1.54) is 32.1 Å². The van der Waals surface area contributed by atoms with Crippen molar-refractivity contribution in [2.45, 2.75) is 45.4 Å². The first kappa shape index (κ1) is 12.3. The van der Waals surface area contributed by atoms with Crippen LogP contribution < -0.4 is 0 Å². The van der Waals surface area contributed by atoms with Gasteiger partial charge in [-0.05, 0) is 0 Å². The molecule has 0 atom stereocenters. The standard InChI is InChI=1S/C8H17.V/c1-3-5-7-8-6-4-2;/h1,3-8H2,2H3;/q-1;+2. The van der Waals surface area contributed by atoms with Gasteiger partial charge in [-0.2, -0.15) is 6.42 Å². The maximum absolute atomic E-state index is 3.78. The largest absolute Gasteiger partial charge is 2.00 e. The van der Waals surface area contributed by atoms with Crippen LogP contribution in [0, 0.1) is 6.92 Å². The van der Waals surface area contributed by atoms with Crippen molar-refractivity contribution in [3.63, 3.8) is 0 Å². The third kappa shape index (κ3) is 11.9. The van der Waals surface area contributed by atoms with Gasteiger partial charge in [0.2, 0.25) is 0 Å². The number of hydrogen-bond donors (Lipinski definition) is 0. The summed E-state index contributed by atoms with van der Waals surface area (Å²) >= 11 is 0. The normalized spacial score (nSPS) is 8.67. The van der Waals surface area contributed by atoms with Crippen LogP contribution in [0.25, 0.3) is 0 Å². The van der Waals surface area contributed by atoms with Crippen LogP contribution >= 0.6 is 0 Å². The Morgan fingerprint density at radius 3 is 2.00 bits per heavy atom. The van der Waals surface area contributed by atoms with E-state index in [2.05, 4.69) is 13.8 Å². The molecular weight excluding hydrogens is 147 g/mol. The fourth-order valence-electron chi connectivity index (χ4n) is 0.780. The molecule has 0 nitrogen and oxygen atoms in total. The average molecular weight is 164 g/mol. The molecule has 0 saturated heterocycles. The molecule has 0 aromatic heterocycles. The summed E-state index contributed by atoms with van der Waals surface area (Å²) in [7, 11) is 0. The Balaban J connectivity index is 0. The van der Waals surface area contributed by atoms with E-state index in [1.807, 2.05) is 0 Å². The van der Waals surface area contributed by atoms with Crippen LogP contribution in [0.5, 0.6) is 0 Å². The summed E-state index contributed by atoms with van der Waals surface area (Å²) in [5.74, 6) is 0. The molecule has 9 heavy (non-hydrogen) atoms. The van der Waals surface area contributed by atoms with Crippen molar-refractivity contribution in [2.75, 3.05) is 0 Å². The first-order chi connectivity index (χ1) is 3.91. The summed E-state index contributed by atoms with van der Waals surface area (Å²) in [4.78, 5) is 0. The van der Waals surface area contributed by atoms with Gasteiger partial charge in [-0.25, -0.2) is 0 Å². The smallest absolute Gasteiger partial charge is 0.343 e. The predicted octanol–water partition coefficient (Wildman–Crippen LogP) is 3.18. The minimum Gasteiger partial charge on any atom is -0.343 e. The van der Waals surface area contributed by atoms with Crippen LogP contribution in [-0.4, -0.2) is 0 Å². The molecule has 0 aliphatic heterocycles. The summed E-state index contributed by atoms with van der Waals surface area (Å²) in [6.45, 7) is 6.02. The van der Waals surface area contributed by atoms with Crippen LogP contribution in [0.1, 0.15) is 45.4 Å². The molecule has 53 valence electrons. The Kier molecular flexibility index (Phi) is 15.5. The van der Waals surface area contributed by atoms with E-state index in [4.69, 9.17) is 0 Å². The van der Waals surface area contributed by atoms with Crippen molar-refractivity contribution in [1.29, 1.82) is 0 Å². The first-order valence-electron chi connectivity index (χ1n) is 3.71. The van der Waals surface area contributed by atoms with Gasteiger partial charge in [0.25, 0.3) is 0 Å². The van der Waals surface area contributed by atoms with Gasteiger partial charge in [0.1, 0.15) is 0 Å². The van der Waals surface area contributed by atoms with E-state index in [0.29, 0.717) is 0 Å². The predicted molar refractivity (Wildman–Crippen MR) is 38.7 cm³/mol. The van der Waals surface area contributed by atoms with E-state index in [1.54, 1.807) is 0 Å². The molecule has 0 aliphatic carbocycles. The van der Waals surface area contributed by atoms with Crippen molar-refractivity contribution >= 4 is 0 Å². The molecule has 0 aromatic rings. The minimum absolute atomic E-state index is 0. The van der Waals surface area contributed by atoms with Crippen molar-refractivity contribution in [3.05, 3.63) is 6.92 Å². The van der Waals surface area contributed by atoms with Crippen molar-refractivity contribution in [1.82, 2.24) is 0 Å². The SMILES string of the molecule is [CH2-]CCCCCCC.[V+2]. The molecule has 0 unspecified atom stereocenters. The summed E-state index contributed by atoms with van der Waals surface area (Å²) in [6.07, 6.45) is 7.98. The van der Waals surface area contributed by atoms with Crippen molar-refractivity contribution in [2.24, 2.45) is 0 Å². The Morgan fingerprint density at radius 2 is 1.56 bits per heavy atom. The molecule has 0 saturated carbocycles. The van der Waals surface area contributed by atoms with E-state index in [0.717, 1.165) is 6.42 Å². The van der Waals surface area contributed by atoms with E-state index >= 15 is 0 Å². The fourth-order valence-corrected chi connectivity index (χ4v) is 0.780. The van der Waals surface area contributed by atoms with Gasteiger partial charge in [-0.15, -0.1) is 0 Å². The minimum atomic E-state index is 0. The maximum Gasteiger partial charge on any atom is 2.00 e. The Bertz CT molecular complexity index is 29.5. The van der Waals surface area contributed by atoms with Crippen LogP contribution in [0.3, 0.4) is 0 Å². The molecule has 0 aromatic carbocycles. The molecule has 0 fully saturated rings. The zero-order valence-electron chi connectivity index (χ0n) is 6.40. The first-order valence-corrected chi connectivity index (χ1v) is 3.71. The molecule has 0 spiro atoms. The summed E-state index contributed by atoms with van der Waals surface area (Å²) in [5, 5.41) is 0. The summed E-state index contributed by atoms with van der Waals surface area (Å²) in [5.41, 5.74) is 0. The Labute approximate surface area is 71.3 Å². The molecule has 1 radical (unpaired) electrons. The molecule has 0 bridgehead atoms.